The summed E-state index contributed by atoms with van der Waals surface area (Å²) >= 11 is 0. The average Bonchev–Trinajstić information content (AvgIpc) is 2.40. The second kappa shape index (κ2) is 5.46. The van der Waals surface area contributed by atoms with Crippen LogP contribution in [0.1, 0.15) is 44.7 Å². The van der Waals surface area contributed by atoms with Crippen molar-refractivity contribution in [1.82, 2.24) is 9.97 Å². The molecule has 0 amide bonds. The first-order chi connectivity index (χ1) is 8.64. The number of aromatic nitrogens is 2. The Morgan fingerprint density at radius 1 is 1.33 bits per heavy atom. The van der Waals surface area contributed by atoms with E-state index in [4.69, 9.17) is 4.74 Å². The zero-order valence-electron chi connectivity index (χ0n) is 11.1. The first-order valence-electron chi connectivity index (χ1n) is 6.52. The number of carbonyl (C=O) groups is 1. The Bertz CT molecular complexity index is 426. The van der Waals surface area contributed by atoms with Gasteiger partial charge in [-0.3, -0.25) is 4.79 Å². The van der Waals surface area contributed by atoms with Gasteiger partial charge in [0.05, 0.1) is 12.8 Å². The van der Waals surface area contributed by atoms with Crippen molar-refractivity contribution in [3.8, 4) is 5.88 Å². The molecule has 98 valence electrons. The monoisotopic (exact) mass is 248 g/mol. The van der Waals surface area contributed by atoms with E-state index in [2.05, 4.69) is 16.9 Å². The van der Waals surface area contributed by atoms with E-state index in [1.54, 1.807) is 13.2 Å². The molecule has 0 aliphatic heterocycles. The molecular formula is C14H20N2O2. The summed E-state index contributed by atoms with van der Waals surface area (Å²) in [7, 11) is 1.57. The van der Waals surface area contributed by atoms with Crippen LogP contribution in [-0.2, 0) is 11.2 Å². The maximum atomic E-state index is 12.4. The van der Waals surface area contributed by atoms with Gasteiger partial charge in [-0.1, -0.05) is 26.2 Å². The van der Waals surface area contributed by atoms with Crippen LogP contribution in [0.2, 0.25) is 0 Å². The molecule has 18 heavy (non-hydrogen) atoms. The summed E-state index contributed by atoms with van der Waals surface area (Å²) in [5, 5.41) is 0. The van der Waals surface area contributed by atoms with Gasteiger partial charge in [-0.15, -0.1) is 0 Å². The lowest BCUT2D eigenvalue weighted by Gasteiger charge is -2.31. The summed E-state index contributed by atoms with van der Waals surface area (Å²) in [6, 6.07) is 1.74. The lowest BCUT2D eigenvalue weighted by molar-refractivity contribution is -0.128. The van der Waals surface area contributed by atoms with E-state index in [1.165, 1.54) is 12.7 Å². The first kappa shape index (κ1) is 13.0. The highest BCUT2D eigenvalue weighted by Crippen LogP contribution is 2.37. The van der Waals surface area contributed by atoms with Crippen LogP contribution in [0.25, 0.3) is 0 Å². The molecule has 1 aromatic heterocycles. The summed E-state index contributed by atoms with van der Waals surface area (Å²) in [6.07, 6.45) is 7.43. The molecule has 1 saturated carbocycles. The highest BCUT2D eigenvalue weighted by molar-refractivity contribution is 5.86. The van der Waals surface area contributed by atoms with Crippen LogP contribution in [0.3, 0.4) is 0 Å². The second-order valence-electron chi connectivity index (χ2n) is 5.27. The molecule has 0 N–H and O–H groups in total. The molecular weight excluding hydrogens is 228 g/mol. The van der Waals surface area contributed by atoms with E-state index in [1.807, 2.05) is 0 Å². The van der Waals surface area contributed by atoms with E-state index in [9.17, 15) is 4.79 Å². The molecule has 4 heteroatoms. The SMILES string of the molecule is COc1cc(CC(=O)C2(C)CCCCC2)ncn1. The first-order valence-corrected chi connectivity index (χ1v) is 6.52. The summed E-state index contributed by atoms with van der Waals surface area (Å²) < 4.78 is 5.04. The smallest absolute Gasteiger partial charge is 0.216 e. The third kappa shape index (κ3) is 2.86. The number of rotatable bonds is 4. The molecule has 0 radical (unpaired) electrons. The number of nitrogens with zero attached hydrogens (tertiary/aromatic N) is 2. The number of Topliss-reactive ketones (excluding diaryl/α,β-unsaturated/α-hetero) is 1. The van der Waals surface area contributed by atoms with Crippen molar-refractivity contribution in [3.05, 3.63) is 18.1 Å². The fourth-order valence-electron chi connectivity index (χ4n) is 2.57. The molecule has 4 nitrogen and oxygen atoms in total. The van der Waals surface area contributed by atoms with Crippen molar-refractivity contribution in [1.29, 1.82) is 0 Å². The summed E-state index contributed by atoms with van der Waals surface area (Å²) in [5.41, 5.74) is 0.592. The predicted molar refractivity (Wildman–Crippen MR) is 68.5 cm³/mol. The number of ketones is 1. The number of hydrogen-bond donors (Lipinski definition) is 0. The molecule has 0 aromatic carbocycles. The molecule has 0 unspecified atom stereocenters. The highest BCUT2D eigenvalue weighted by Gasteiger charge is 2.34. The Morgan fingerprint density at radius 3 is 2.72 bits per heavy atom. The lowest BCUT2D eigenvalue weighted by Crippen LogP contribution is -2.31. The lowest BCUT2D eigenvalue weighted by atomic mass is 9.72. The van der Waals surface area contributed by atoms with Crippen LogP contribution in [0.5, 0.6) is 5.88 Å². The van der Waals surface area contributed by atoms with E-state index >= 15 is 0 Å². The Balaban J connectivity index is 2.05. The van der Waals surface area contributed by atoms with Gasteiger partial charge in [0.15, 0.2) is 0 Å². The third-order valence-electron chi connectivity index (χ3n) is 3.88. The van der Waals surface area contributed by atoms with E-state index in [-0.39, 0.29) is 5.41 Å². The molecule has 1 aromatic rings. The van der Waals surface area contributed by atoms with Crippen molar-refractivity contribution in [3.63, 3.8) is 0 Å². The molecule has 1 heterocycles. The normalized spacial score (nSPS) is 18.3. The Morgan fingerprint density at radius 2 is 2.06 bits per heavy atom. The van der Waals surface area contributed by atoms with Crippen LogP contribution in [-0.4, -0.2) is 22.9 Å². The van der Waals surface area contributed by atoms with Crippen molar-refractivity contribution in [2.24, 2.45) is 5.41 Å². The van der Waals surface area contributed by atoms with Gasteiger partial charge in [-0.25, -0.2) is 9.97 Å². The zero-order valence-corrected chi connectivity index (χ0v) is 11.1. The third-order valence-corrected chi connectivity index (χ3v) is 3.88. The number of hydrogen-bond acceptors (Lipinski definition) is 4. The predicted octanol–water partition coefficient (Wildman–Crippen LogP) is 2.57. The molecule has 0 atom stereocenters. The molecule has 1 aliphatic rings. The van der Waals surface area contributed by atoms with Gasteiger partial charge in [0.2, 0.25) is 5.88 Å². The van der Waals surface area contributed by atoms with Crippen molar-refractivity contribution in [2.75, 3.05) is 7.11 Å². The van der Waals surface area contributed by atoms with Crippen molar-refractivity contribution < 1.29 is 9.53 Å². The van der Waals surface area contributed by atoms with Gasteiger partial charge in [-0.2, -0.15) is 0 Å². The van der Waals surface area contributed by atoms with Crippen LogP contribution in [0, 0.1) is 5.41 Å². The van der Waals surface area contributed by atoms with Gasteiger partial charge < -0.3 is 4.74 Å². The van der Waals surface area contributed by atoms with Crippen LogP contribution < -0.4 is 4.74 Å². The second-order valence-corrected chi connectivity index (χ2v) is 5.27. The highest BCUT2D eigenvalue weighted by atomic mass is 16.5. The van der Waals surface area contributed by atoms with Crippen LogP contribution in [0.15, 0.2) is 12.4 Å². The van der Waals surface area contributed by atoms with Crippen LogP contribution >= 0.6 is 0 Å². The average molecular weight is 248 g/mol. The van der Waals surface area contributed by atoms with Gasteiger partial charge >= 0.3 is 0 Å². The van der Waals surface area contributed by atoms with Crippen LogP contribution in [0.4, 0.5) is 0 Å². The maximum absolute atomic E-state index is 12.4. The Labute approximate surface area is 108 Å². The Kier molecular flexibility index (Phi) is 3.94. The minimum Gasteiger partial charge on any atom is -0.481 e. The van der Waals surface area contributed by atoms with Gasteiger partial charge in [-0.05, 0) is 12.8 Å². The quantitative estimate of drug-likeness (QED) is 0.821. The standard InChI is InChI=1S/C14H20N2O2/c1-14(6-4-3-5-7-14)12(17)8-11-9-13(18-2)16-10-15-11/h9-10H,3-8H2,1-2H3. The molecule has 0 saturated heterocycles. The fourth-order valence-corrected chi connectivity index (χ4v) is 2.57. The number of carbonyl (C=O) groups excluding carboxylic acids is 1. The van der Waals surface area contributed by atoms with E-state index < -0.39 is 0 Å². The molecule has 0 spiro atoms. The molecule has 0 bridgehead atoms. The number of methoxy groups -OCH3 is 1. The summed E-state index contributed by atoms with van der Waals surface area (Å²) in [6.45, 7) is 2.09. The van der Waals surface area contributed by atoms with Gasteiger partial charge in [0, 0.05) is 17.9 Å². The van der Waals surface area contributed by atoms with E-state index in [0.717, 1.165) is 31.4 Å². The maximum Gasteiger partial charge on any atom is 0.216 e. The molecule has 1 aliphatic carbocycles. The summed E-state index contributed by atoms with van der Waals surface area (Å²) in [5.74, 6) is 0.810. The topological polar surface area (TPSA) is 52.1 Å². The minimum atomic E-state index is -0.156. The minimum absolute atomic E-state index is 0.156. The van der Waals surface area contributed by atoms with Crippen molar-refractivity contribution >= 4 is 5.78 Å². The zero-order chi connectivity index (χ0) is 13.0. The largest absolute Gasteiger partial charge is 0.481 e. The van der Waals surface area contributed by atoms with Gasteiger partial charge in [0.1, 0.15) is 12.1 Å². The molecule has 1 fully saturated rings. The Hall–Kier alpha value is -1.45. The van der Waals surface area contributed by atoms with Crippen molar-refractivity contribution in [2.45, 2.75) is 45.4 Å². The van der Waals surface area contributed by atoms with Gasteiger partial charge in [0.25, 0.3) is 0 Å². The summed E-state index contributed by atoms with van der Waals surface area (Å²) in [4.78, 5) is 20.5. The number of ether oxygens (including phenoxy) is 1. The van der Waals surface area contributed by atoms with E-state index in [0.29, 0.717) is 18.1 Å². The fraction of sp³-hybridized carbons (Fsp3) is 0.643. The molecule has 2 rings (SSSR count).